The molecule has 4 rings (SSSR count). The van der Waals surface area contributed by atoms with Gasteiger partial charge in [-0.2, -0.15) is 0 Å². The van der Waals surface area contributed by atoms with Gasteiger partial charge in [-0.05, 0) is 49.9 Å². The Bertz CT molecular complexity index is 1220. The lowest BCUT2D eigenvalue weighted by atomic mass is 10.0. The fraction of sp³-hybridized carbons (Fsp3) is 0.308. The molecule has 170 valence electrons. The van der Waals surface area contributed by atoms with Gasteiger partial charge in [-0.15, -0.1) is 22.0 Å². The van der Waals surface area contributed by atoms with Gasteiger partial charge in [-0.25, -0.2) is 4.98 Å². The number of amides is 1. The van der Waals surface area contributed by atoms with E-state index in [1.807, 2.05) is 85.0 Å². The molecule has 0 unspecified atom stereocenters. The van der Waals surface area contributed by atoms with Crippen molar-refractivity contribution in [3.05, 3.63) is 89.5 Å². The van der Waals surface area contributed by atoms with Crippen LogP contribution in [0.1, 0.15) is 54.3 Å². The summed E-state index contributed by atoms with van der Waals surface area (Å²) in [5.41, 5.74) is 2.86. The van der Waals surface area contributed by atoms with E-state index in [1.165, 1.54) is 0 Å². The van der Waals surface area contributed by atoms with Gasteiger partial charge in [0.05, 0.1) is 6.04 Å². The summed E-state index contributed by atoms with van der Waals surface area (Å²) in [5.74, 6) is 1.59. The van der Waals surface area contributed by atoms with Crippen molar-refractivity contribution < 1.29 is 4.79 Å². The van der Waals surface area contributed by atoms with Crippen molar-refractivity contribution in [1.82, 2.24) is 24.9 Å². The minimum atomic E-state index is -0.385. The monoisotopic (exact) mass is 459 g/mol. The number of carbonyl (C=O) groups excluding carboxylic acids is 1. The second-order valence-corrected chi connectivity index (χ2v) is 9.82. The van der Waals surface area contributed by atoms with E-state index in [0.29, 0.717) is 17.5 Å². The number of benzene rings is 2. The Balaban J connectivity index is 1.68. The fourth-order valence-electron chi connectivity index (χ4n) is 3.96. The number of nitrogens with zero attached hydrogens (tertiary/aromatic N) is 4. The first-order valence-corrected chi connectivity index (χ1v) is 12.1. The van der Waals surface area contributed by atoms with Crippen LogP contribution >= 0.6 is 11.8 Å². The van der Waals surface area contributed by atoms with E-state index >= 15 is 0 Å². The highest BCUT2D eigenvalue weighted by atomic mass is 32.2. The third kappa shape index (κ3) is 5.42. The number of nitrogens with one attached hydrogen (secondary N) is 1. The summed E-state index contributed by atoms with van der Waals surface area (Å²) >= 11 is 1.55. The van der Waals surface area contributed by atoms with Crippen molar-refractivity contribution in [3.63, 3.8) is 0 Å². The topological polar surface area (TPSA) is 72.2 Å². The Morgan fingerprint density at radius 3 is 2.33 bits per heavy atom. The van der Waals surface area contributed by atoms with Gasteiger partial charge < -0.3 is 5.32 Å². The van der Waals surface area contributed by atoms with Crippen LogP contribution in [0.2, 0.25) is 0 Å². The second-order valence-electron chi connectivity index (χ2n) is 8.64. The molecule has 2 aromatic carbocycles. The molecule has 2 heterocycles. The number of aromatic nitrogens is 4. The SMILES string of the molecule is Cc1cc(C)n2c([C@@H](CC(C)C)NC(=O)[C@H](Sc3ccccc3)c3ccccc3)nnc2n1. The van der Waals surface area contributed by atoms with E-state index in [9.17, 15) is 4.79 Å². The molecule has 0 aliphatic rings. The van der Waals surface area contributed by atoms with Crippen LogP contribution in [0, 0.1) is 19.8 Å². The van der Waals surface area contributed by atoms with Gasteiger partial charge in [0.25, 0.3) is 5.78 Å². The van der Waals surface area contributed by atoms with Crippen molar-refractivity contribution >= 4 is 23.4 Å². The van der Waals surface area contributed by atoms with Crippen LogP contribution < -0.4 is 5.32 Å². The predicted octanol–water partition coefficient (Wildman–Crippen LogP) is 5.48. The molecule has 2 aromatic heterocycles. The summed E-state index contributed by atoms with van der Waals surface area (Å²) in [6, 6.07) is 21.7. The maximum absolute atomic E-state index is 13.7. The number of hydrogen-bond donors (Lipinski definition) is 1. The fourth-order valence-corrected chi connectivity index (χ4v) is 5.02. The Morgan fingerprint density at radius 1 is 1.00 bits per heavy atom. The van der Waals surface area contributed by atoms with Crippen LogP contribution in [0.4, 0.5) is 0 Å². The van der Waals surface area contributed by atoms with Crippen LogP contribution in [-0.2, 0) is 4.79 Å². The lowest BCUT2D eigenvalue weighted by Gasteiger charge is -2.23. The molecule has 4 aromatic rings. The van der Waals surface area contributed by atoms with Gasteiger partial charge in [-0.3, -0.25) is 9.20 Å². The number of thioether (sulfide) groups is 1. The molecule has 2 atom stereocenters. The van der Waals surface area contributed by atoms with Crippen molar-refractivity contribution in [1.29, 1.82) is 0 Å². The first-order chi connectivity index (χ1) is 15.9. The number of rotatable bonds is 8. The van der Waals surface area contributed by atoms with Crippen molar-refractivity contribution in [2.75, 3.05) is 0 Å². The number of aryl methyl sites for hydroxylation is 2. The minimum absolute atomic E-state index is 0.0461. The van der Waals surface area contributed by atoms with E-state index in [-0.39, 0.29) is 17.2 Å². The highest BCUT2D eigenvalue weighted by Crippen LogP contribution is 2.36. The number of carbonyl (C=O) groups is 1. The van der Waals surface area contributed by atoms with E-state index in [2.05, 4.69) is 34.3 Å². The van der Waals surface area contributed by atoms with Gasteiger partial charge in [0.15, 0.2) is 5.82 Å². The van der Waals surface area contributed by atoms with Gasteiger partial charge in [0.1, 0.15) is 5.25 Å². The molecule has 6 nitrogen and oxygen atoms in total. The first-order valence-electron chi connectivity index (χ1n) is 11.2. The number of fused-ring (bicyclic) bond motifs is 1. The highest BCUT2D eigenvalue weighted by molar-refractivity contribution is 8.00. The van der Waals surface area contributed by atoms with Crippen molar-refractivity contribution in [2.45, 2.75) is 50.3 Å². The van der Waals surface area contributed by atoms with Crippen LogP contribution in [0.25, 0.3) is 5.78 Å². The molecule has 1 amide bonds. The van der Waals surface area contributed by atoms with Crippen LogP contribution in [-0.4, -0.2) is 25.5 Å². The molecule has 1 N–H and O–H groups in total. The third-order valence-electron chi connectivity index (χ3n) is 5.39. The summed E-state index contributed by atoms with van der Waals surface area (Å²) in [6.45, 7) is 8.25. The summed E-state index contributed by atoms with van der Waals surface area (Å²) in [7, 11) is 0. The quantitative estimate of drug-likeness (QED) is 0.353. The molecular formula is C26H29N5OS. The van der Waals surface area contributed by atoms with E-state index in [4.69, 9.17) is 0 Å². The average molecular weight is 460 g/mol. The molecule has 0 bridgehead atoms. The third-order valence-corrected chi connectivity index (χ3v) is 6.66. The largest absolute Gasteiger partial charge is 0.345 e. The predicted molar refractivity (Wildman–Crippen MR) is 132 cm³/mol. The Hall–Kier alpha value is -3.19. The zero-order valence-electron chi connectivity index (χ0n) is 19.4. The molecule has 0 fully saturated rings. The Kier molecular flexibility index (Phi) is 7.08. The summed E-state index contributed by atoms with van der Waals surface area (Å²) in [4.78, 5) is 19.3. The maximum Gasteiger partial charge on any atom is 0.255 e. The zero-order chi connectivity index (χ0) is 23.4. The molecule has 0 aliphatic heterocycles. The van der Waals surface area contributed by atoms with Gasteiger partial charge >= 0.3 is 0 Å². The van der Waals surface area contributed by atoms with Crippen molar-refractivity contribution in [3.8, 4) is 0 Å². The van der Waals surface area contributed by atoms with E-state index < -0.39 is 0 Å². The minimum Gasteiger partial charge on any atom is -0.345 e. The van der Waals surface area contributed by atoms with Gasteiger partial charge in [0.2, 0.25) is 5.91 Å². The molecular weight excluding hydrogens is 430 g/mol. The van der Waals surface area contributed by atoms with Gasteiger partial charge in [-0.1, -0.05) is 62.4 Å². The first kappa shape index (κ1) is 23.0. The normalized spacial score (nSPS) is 13.2. The molecule has 33 heavy (non-hydrogen) atoms. The van der Waals surface area contributed by atoms with E-state index in [0.717, 1.165) is 28.3 Å². The Morgan fingerprint density at radius 2 is 1.67 bits per heavy atom. The molecule has 7 heteroatoms. The maximum atomic E-state index is 13.7. The van der Waals surface area contributed by atoms with E-state index in [1.54, 1.807) is 11.8 Å². The Labute approximate surface area is 198 Å². The summed E-state index contributed by atoms with van der Waals surface area (Å²) < 4.78 is 1.95. The molecule has 0 radical (unpaired) electrons. The molecule has 0 spiro atoms. The average Bonchev–Trinajstić information content (AvgIpc) is 3.22. The highest BCUT2D eigenvalue weighted by Gasteiger charge is 2.28. The molecule has 0 aliphatic carbocycles. The van der Waals surface area contributed by atoms with Crippen LogP contribution in [0.5, 0.6) is 0 Å². The summed E-state index contributed by atoms with van der Waals surface area (Å²) in [6.07, 6.45) is 0.747. The smallest absolute Gasteiger partial charge is 0.255 e. The molecule has 0 saturated carbocycles. The molecule has 0 saturated heterocycles. The lowest BCUT2D eigenvalue weighted by molar-refractivity contribution is -0.121. The van der Waals surface area contributed by atoms with Gasteiger partial charge in [0, 0.05) is 16.3 Å². The number of hydrogen-bond acceptors (Lipinski definition) is 5. The van der Waals surface area contributed by atoms with Crippen LogP contribution in [0.3, 0.4) is 0 Å². The second kappa shape index (κ2) is 10.2. The van der Waals surface area contributed by atoms with Crippen molar-refractivity contribution in [2.24, 2.45) is 5.92 Å². The standard InChI is InChI=1S/C26H29N5OS/c1-17(2)15-22(24-29-30-26-27-18(3)16-19(4)31(24)26)28-25(32)23(20-11-7-5-8-12-20)33-21-13-9-6-10-14-21/h5-14,16-17,22-23H,15H2,1-4H3,(H,28,32)/t22-,23-/m1/s1. The lowest BCUT2D eigenvalue weighted by Crippen LogP contribution is -2.34. The van der Waals surface area contributed by atoms with Crippen LogP contribution in [0.15, 0.2) is 71.6 Å². The summed E-state index contributed by atoms with van der Waals surface area (Å²) in [5, 5.41) is 11.6. The zero-order valence-corrected chi connectivity index (χ0v) is 20.2.